The van der Waals surface area contributed by atoms with Crippen LogP contribution in [0.25, 0.3) is 11.1 Å². The lowest BCUT2D eigenvalue weighted by molar-refractivity contribution is 0.0827. The van der Waals surface area contributed by atoms with Crippen LogP contribution in [0, 0.1) is 0 Å². The van der Waals surface area contributed by atoms with Gasteiger partial charge in [0.05, 0.1) is 0 Å². The van der Waals surface area contributed by atoms with Crippen molar-refractivity contribution in [2.24, 2.45) is 0 Å². The lowest BCUT2D eigenvalue weighted by Gasteiger charge is -2.12. The van der Waals surface area contributed by atoms with E-state index in [4.69, 9.17) is 0 Å². The summed E-state index contributed by atoms with van der Waals surface area (Å²) in [4.78, 5) is 13.6. The Labute approximate surface area is 121 Å². The van der Waals surface area contributed by atoms with Crippen LogP contribution in [-0.4, -0.2) is 24.9 Å². The van der Waals surface area contributed by atoms with Gasteiger partial charge in [-0.05, 0) is 34.7 Å². The first kappa shape index (κ1) is 14.3. The molecule has 0 saturated heterocycles. The molecule has 20 heavy (non-hydrogen) atoms. The zero-order valence-corrected chi connectivity index (χ0v) is 12.6. The van der Waals surface area contributed by atoms with Gasteiger partial charge in [-0.2, -0.15) is 0 Å². The highest BCUT2D eigenvalue weighted by Crippen LogP contribution is 2.25. The number of rotatable bonds is 3. The molecule has 0 aliphatic carbocycles. The summed E-state index contributed by atoms with van der Waals surface area (Å²) in [7, 11) is 3.54. The molecule has 2 nitrogen and oxygen atoms in total. The van der Waals surface area contributed by atoms with Gasteiger partial charge in [0.2, 0.25) is 0 Å². The predicted molar refractivity (Wildman–Crippen MR) is 84.0 cm³/mol. The molecule has 0 bridgehead atoms. The van der Waals surface area contributed by atoms with Gasteiger partial charge in [-0.15, -0.1) is 0 Å². The molecule has 0 aromatic heterocycles. The third-order valence-electron chi connectivity index (χ3n) is 3.40. The zero-order valence-electron chi connectivity index (χ0n) is 12.6. The molecule has 104 valence electrons. The van der Waals surface area contributed by atoms with Crippen LogP contribution in [0.2, 0.25) is 0 Å². The zero-order chi connectivity index (χ0) is 14.7. The Morgan fingerprint density at radius 2 is 1.55 bits per heavy atom. The number of carbonyl (C=O) groups is 1. The van der Waals surface area contributed by atoms with Crippen molar-refractivity contribution in [3.63, 3.8) is 0 Å². The summed E-state index contributed by atoms with van der Waals surface area (Å²) in [5, 5.41) is 0. The van der Waals surface area contributed by atoms with Gasteiger partial charge in [-0.3, -0.25) is 4.79 Å². The fourth-order valence-corrected chi connectivity index (χ4v) is 2.17. The minimum absolute atomic E-state index is 0.0341. The van der Waals surface area contributed by atoms with Gasteiger partial charge < -0.3 is 4.90 Å². The Morgan fingerprint density at radius 1 is 0.950 bits per heavy atom. The maximum absolute atomic E-state index is 12.0. The molecule has 2 aromatic carbocycles. The molecule has 0 aliphatic rings. The van der Waals surface area contributed by atoms with Gasteiger partial charge in [0, 0.05) is 19.7 Å². The van der Waals surface area contributed by atoms with Gasteiger partial charge in [0.15, 0.2) is 0 Å². The van der Waals surface area contributed by atoms with E-state index in [2.05, 4.69) is 38.1 Å². The van der Waals surface area contributed by atoms with Crippen molar-refractivity contribution in [3.8, 4) is 11.1 Å². The van der Waals surface area contributed by atoms with Gasteiger partial charge in [-0.1, -0.05) is 50.2 Å². The average Bonchev–Trinajstić information content (AvgIpc) is 2.46. The highest BCUT2D eigenvalue weighted by molar-refractivity contribution is 5.95. The van der Waals surface area contributed by atoms with E-state index >= 15 is 0 Å². The molecule has 0 unspecified atom stereocenters. The maximum Gasteiger partial charge on any atom is 0.253 e. The summed E-state index contributed by atoms with van der Waals surface area (Å²) < 4.78 is 0. The molecule has 0 aliphatic heterocycles. The lowest BCUT2D eigenvalue weighted by Crippen LogP contribution is -2.21. The van der Waals surface area contributed by atoms with Crippen molar-refractivity contribution in [1.29, 1.82) is 0 Å². The third kappa shape index (κ3) is 3.08. The third-order valence-corrected chi connectivity index (χ3v) is 3.40. The van der Waals surface area contributed by atoms with Crippen LogP contribution in [0.3, 0.4) is 0 Å². The largest absolute Gasteiger partial charge is 0.345 e. The van der Waals surface area contributed by atoms with Crippen molar-refractivity contribution in [1.82, 2.24) is 4.90 Å². The number of nitrogens with zero attached hydrogens (tertiary/aromatic N) is 1. The Hall–Kier alpha value is -2.09. The van der Waals surface area contributed by atoms with Crippen molar-refractivity contribution >= 4 is 5.91 Å². The van der Waals surface area contributed by atoms with E-state index in [9.17, 15) is 4.79 Å². The van der Waals surface area contributed by atoms with Gasteiger partial charge in [-0.25, -0.2) is 0 Å². The minimum Gasteiger partial charge on any atom is -0.345 e. The first-order valence-corrected chi connectivity index (χ1v) is 6.91. The average molecular weight is 267 g/mol. The van der Waals surface area contributed by atoms with E-state index in [0.29, 0.717) is 5.92 Å². The first-order chi connectivity index (χ1) is 9.49. The molecule has 0 N–H and O–H groups in total. The molecule has 0 saturated carbocycles. The Morgan fingerprint density at radius 3 is 2.15 bits per heavy atom. The molecule has 2 heteroatoms. The smallest absolute Gasteiger partial charge is 0.253 e. The van der Waals surface area contributed by atoms with E-state index in [1.54, 1.807) is 19.0 Å². The van der Waals surface area contributed by atoms with Crippen molar-refractivity contribution < 1.29 is 4.79 Å². The monoisotopic (exact) mass is 267 g/mol. The topological polar surface area (TPSA) is 20.3 Å². The number of hydrogen-bond acceptors (Lipinski definition) is 1. The summed E-state index contributed by atoms with van der Waals surface area (Å²) in [6, 6.07) is 16.3. The molecule has 2 aromatic rings. The second kappa shape index (κ2) is 5.91. The highest BCUT2D eigenvalue weighted by atomic mass is 16.2. The Balaban J connectivity index is 2.41. The summed E-state index contributed by atoms with van der Waals surface area (Å²) in [5.74, 6) is 0.536. The van der Waals surface area contributed by atoms with Crippen LogP contribution in [0.4, 0.5) is 0 Å². The normalized spacial score (nSPS) is 10.7. The summed E-state index contributed by atoms with van der Waals surface area (Å²) >= 11 is 0. The van der Waals surface area contributed by atoms with E-state index < -0.39 is 0 Å². The van der Waals surface area contributed by atoms with E-state index in [1.165, 1.54) is 5.56 Å². The number of carbonyl (C=O) groups excluding carboxylic acids is 1. The first-order valence-electron chi connectivity index (χ1n) is 6.91. The lowest BCUT2D eigenvalue weighted by atomic mass is 9.96. The summed E-state index contributed by atoms with van der Waals surface area (Å²) in [5.41, 5.74) is 4.28. The number of amides is 1. The fourth-order valence-electron chi connectivity index (χ4n) is 2.17. The molecular weight excluding hydrogens is 246 g/mol. The van der Waals surface area contributed by atoms with Crippen LogP contribution in [0.15, 0.2) is 48.5 Å². The molecule has 0 fully saturated rings. The van der Waals surface area contributed by atoms with Crippen molar-refractivity contribution in [3.05, 3.63) is 59.7 Å². The second-order valence-corrected chi connectivity index (χ2v) is 5.56. The van der Waals surface area contributed by atoms with Crippen LogP contribution in [0.5, 0.6) is 0 Å². The van der Waals surface area contributed by atoms with Crippen LogP contribution in [0.1, 0.15) is 35.7 Å². The molecule has 2 rings (SSSR count). The molecule has 0 atom stereocenters. The summed E-state index contributed by atoms with van der Waals surface area (Å²) in [6.07, 6.45) is 0. The Bertz CT molecular complexity index is 614. The van der Waals surface area contributed by atoms with Gasteiger partial charge in [0.25, 0.3) is 5.91 Å². The van der Waals surface area contributed by atoms with Crippen LogP contribution < -0.4 is 0 Å². The number of hydrogen-bond donors (Lipinski definition) is 0. The minimum atomic E-state index is 0.0341. The highest BCUT2D eigenvalue weighted by Gasteiger charge is 2.09. The van der Waals surface area contributed by atoms with Gasteiger partial charge in [0.1, 0.15) is 0 Å². The maximum atomic E-state index is 12.0. The van der Waals surface area contributed by atoms with E-state index in [1.807, 2.05) is 24.3 Å². The van der Waals surface area contributed by atoms with Crippen molar-refractivity contribution in [2.75, 3.05) is 14.1 Å². The van der Waals surface area contributed by atoms with E-state index in [-0.39, 0.29) is 5.91 Å². The Kier molecular flexibility index (Phi) is 4.23. The van der Waals surface area contributed by atoms with Gasteiger partial charge >= 0.3 is 0 Å². The molecule has 0 spiro atoms. The number of benzene rings is 2. The quantitative estimate of drug-likeness (QED) is 0.817. The predicted octanol–water partition coefficient (Wildman–Crippen LogP) is 4.18. The molecular formula is C18H21NO. The van der Waals surface area contributed by atoms with E-state index in [0.717, 1.165) is 16.7 Å². The fraction of sp³-hybridized carbons (Fsp3) is 0.278. The standard InChI is InChI=1S/C18H21NO/c1-13(2)14-7-5-8-15(11-14)16-9-6-10-17(12-16)18(20)19(3)4/h5-13H,1-4H3. The van der Waals surface area contributed by atoms with Crippen molar-refractivity contribution in [2.45, 2.75) is 19.8 Å². The molecule has 1 amide bonds. The second-order valence-electron chi connectivity index (χ2n) is 5.56. The summed E-state index contributed by atoms with van der Waals surface area (Å²) in [6.45, 7) is 4.37. The van der Waals surface area contributed by atoms with Crippen LogP contribution >= 0.6 is 0 Å². The molecule has 0 heterocycles. The molecule has 0 radical (unpaired) electrons. The van der Waals surface area contributed by atoms with Crippen LogP contribution in [-0.2, 0) is 0 Å². The SMILES string of the molecule is CC(C)c1cccc(-c2cccc(C(=O)N(C)C)c2)c1.